The average molecular weight is 355 g/mol. The van der Waals surface area contributed by atoms with Crippen molar-refractivity contribution in [1.29, 1.82) is 5.26 Å². The highest BCUT2D eigenvalue weighted by Crippen LogP contribution is 2.18. The van der Waals surface area contributed by atoms with Crippen LogP contribution < -0.4 is 5.32 Å². The Kier molecular flexibility index (Phi) is 6.33. The lowest BCUT2D eigenvalue weighted by Crippen LogP contribution is -2.12. The Labute approximate surface area is 150 Å². The van der Waals surface area contributed by atoms with E-state index in [9.17, 15) is 9.59 Å². The summed E-state index contributed by atoms with van der Waals surface area (Å²) in [4.78, 5) is 23.8. The van der Waals surface area contributed by atoms with E-state index in [-0.39, 0.29) is 18.1 Å². The Morgan fingerprint density at radius 1 is 1.20 bits per heavy atom. The molecule has 1 N–H and O–H groups in total. The molecule has 0 spiro atoms. The number of hydrogen-bond acceptors (Lipinski definition) is 4. The minimum Gasteiger partial charge on any atom is -0.462 e. The summed E-state index contributed by atoms with van der Waals surface area (Å²) >= 11 is 6.00. The van der Waals surface area contributed by atoms with Crippen LogP contribution in [0.3, 0.4) is 0 Å². The van der Waals surface area contributed by atoms with E-state index in [1.807, 2.05) is 6.07 Å². The van der Waals surface area contributed by atoms with E-state index >= 15 is 0 Å². The number of nitrogens with one attached hydrogen (secondary N) is 1. The van der Waals surface area contributed by atoms with Gasteiger partial charge in [-0.2, -0.15) is 5.26 Å². The summed E-state index contributed by atoms with van der Waals surface area (Å²) in [5, 5.41) is 12.1. The molecule has 0 fully saturated rings. The SMILES string of the molecule is CCOC(=O)/C(C#N)=C/c1ccc(NC(=O)c2ccccc2Cl)cc1. The number of esters is 1. The molecule has 0 aromatic heterocycles. The number of anilines is 1. The molecule has 2 aromatic rings. The molecule has 1 amide bonds. The highest BCUT2D eigenvalue weighted by Gasteiger charge is 2.11. The first kappa shape index (κ1) is 18.2. The topological polar surface area (TPSA) is 79.2 Å². The van der Waals surface area contributed by atoms with Gasteiger partial charge in [0.15, 0.2) is 0 Å². The molecular formula is C19H15ClN2O3. The van der Waals surface area contributed by atoms with E-state index in [4.69, 9.17) is 21.6 Å². The maximum absolute atomic E-state index is 12.2. The lowest BCUT2D eigenvalue weighted by Gasteiger charge is -2.07. The van der Waals surface area contributed by atoms with Gasteiger partial charge in [-0.1, -0.05) is 35.9 Å². The molecule has 0 bridgehead atoms. The van der Waals surface area contributed by atoms with Crippen LogP contribution in [0.5, 0.6) is 0 Å². The number of rotatable bonds is 5. The van der Waals surface area contributed by atoms with E-state index in [1.165, 1.54) is 6.08 Å². The number of nitriles is 1. The molecule has 126 valence electrons. The summed E-state index contributed by atoms with van der Waals surface area (Å²) < 4.78 is 4.80. The van der Waals surface area contributed by atoms with Gasteiger partial charge < -0.3 is 10.1 Å². The minimum atomic E-state index is -0.666. The summed E-state index contributed by atoms with van der Waals surface area (Å²) in [5.41, 5.74) is 1.49. The van der Waals surface area contributed by atoms with Crippen LogP contribution in [0.4, 0.5) is 5.69 Å². The molecule has 0 unspecified atom stereocenters. The molecule has 5 nitrogen and oxygen atoms in total. The van der Waals surface area contributed by atoms with Gasteiger partial charge in [-0.25, -0.2) is 4.79 Å². The third-order valence-corrected chi connectivity index (χ3v) is 3.54. The average Bonchev–Trinajstić information content (AvgIpc) is 2.61. The molecule has 2 aromatic carbocycles. The van der Waals surface area contributed by atoms with Gasteiger partial charge in [-0.15, -0.1) is 0 Å². The molecule has 6 heteroatoms. The van der Waals surface area contributed by atoms with Crippen LogP contribution in [0.2, 0.25) is 5.02 Å². The highest BCUT2D eigenvalue weighted by molar-refractivity contribution is 6.34. The van der Waals surface area contributed by atoms with Crippen molar-refractivity contribution in [3.8, 4) is 6.07 Å². The zero-order valence-electron chi connectivity index (χ0n) is 13.5. The molecule has 0 heterocycles. The lowest BCUT2D eigenvalue weighted by atomic mass is 10.1. The first-order valence-electron chi connectivity index (χ1n) is 7.50. The van der Waals surface area contributed by atoms with Gasteiger partial charge >= 0.3 is 5.97 Å². The van der Waals surface area contributed by atoms with Crippen molar-refractivity contribution in [1.82, 2.24) is 0 Å². The molecule has 0 radical (unpaired) electrons. The smallest absolute Gasteiger partial charge is 0.348 e. The van der Waals surface area contributed by atoms with Crippen molar-refractivity contribution in [3.63, 3.8) is 0 Å². The van der Waals surface area contributed by atoms with Gasteiger partial charge in [-0.05, 0) is 42.8 Å². The van der Waals surface area contributed by atoms with Crippen molar-refractivity contribution < 1.29 is 14.3 Å². The molecule has 0 aliphatic carbocycles. The molecule has 25 heavy (non-hydrogen) atoms. The second kappa shape index (κ2) is 8.67. The Hall–Kier alpha value is -3.10. The Morgan fingerprint density at radius 2 is 1.88 bits per heavy atom. The van der Waals surface area contributed by atoms with Crippen molar-refractivity contribution in [2.24, 2.45) is 0 Å². The first-order valence-corrected chi connectivity index (χ1v) is 7.87. The second-order valence-electron chi connectivity index (χ2n) is 4.95. The predicted octanol–water partition coefficient (Wildman–Crippen LogP) is 4.06. The van der Waals surface area contributed by atoms with Crippen molar-refractivity contribution in [3.05, 3.63) is 70.3 Å². The quantitative estimate of drug-likeness (QED) is 0.499. The van der Waals surface area contributed by atoms with Gasteiger partial charge in [0.25, 0.3) is 5.91 Å². The molecule has 0 saturated heterocycles. The van der Waals surface area contributed by atoms with Crippen LogP contribution in [-0.4, -0.2) is 18.5 Å². The number of benzene rings is 2. The summed E-state index contributed by atoms with van der Waals surface area (Å²) in [6, 6.07) is 15.3. The fourth-order valence-electron chi connectivity index (χ4n) is 2.02. The van der Waals surface area contributed by atoms with Crippen LogP contribution in [0.1, 0.15) is 22.8 Å². The minimum absolute atomic E-state index is 0.0882. The van der Waals surface area contributed by atoms with Crippen LogP contribution in [0, 0.1) is 11.3 Å². The third-order valence-electron chi connectivity index (χ3n) is 3.21. The predicted molar refractivity (Wildman–Crippen MR) is 96.1 cm³/mol. The number of carbonyl (C=O) groups is 2. The van der Waals surface area contributed by atoms with E-state index < -0.39 is 5.97 Å². The van der Waals surface area contributed by atoms with E-state index in [2.05, 4.69) is 5.32 Å². The van der Waals surface area contributed by atoms with E-state index in [0.29, 0.717) is 21.8 Å². The van der Waals surface area contributed by atoms with Gasteiger partial charge in [0.2, 0.25) is 0 Å². The van der Waals surface area contributed by atoms with Gasteiger partial charge in [-0.3, -0.25) is 4.79 Å². The Balaban J connectivity index is 2.12. The molecule has 0 saturated carbocycles. The van der Waals surface area contributed by atoms with Crippen LogP contribution in [0.25, 0.3) is 6.08 Å². The number of amides is 1. The zero-order chi connectivity index (χ0) is 18.2. The van der Waals surface area contributed by atoms with Crippen LogP contribution in [-0.2, 0) is 9.53 Å². The van der Waals surface area contributed by atoms with E-state index in [1.54, 1.807) is 55.5 Å². The van der Waals surface area contributed by atoms with Crippen LogP contribution >= 0.6 is 11.6 Å². The number of halogens is 1. The normalized spacial score (nSPS) is 10.7. The lowest BCUT2D eigenvalue weighted by molar-refractivity contribution is -0.137. The fourth-order valence-corrected chi connectivity index (χ4v) is 2.24. The van der Waals surface area contributed by atoms with Crippen LogP contribution in [0.15, 0.2) is 54.1 Å². The number of carbonyl (C=O) groups excluding carboxylic acids is 2. The summed E-state index contributed by atoms with van der Waals surface area (Å²) in [5.74, 6) is -0.987. The summed E-state index contributed by atoms with van der Waals surface area (Å²) in [7, 11) is 0. The maximum Gasteiger partial charge on any atom is 0.348 e. The molecular weight excluding hydrogens is 340 g/mol. The zero-order valence-corrected chi connectivity index (χ0v) is 14.2. The third kappa shape index (κ3) is 4.93. The Bertz CT molecular complexity index is 852. The van der Waals surface area contributed by atoms with Crippen molar-refractivity contribution in [2.75, 3.05) is 11.9 Å². The van der Waals surface area contributed by atoms with Gasteiger partial charge in [0.05, 0.1) is 17.2 Å². The van der Waals surface area contributed by atoms with Crippen molar-refractivity contribution in [2.45, 2.75) is 6.92 Å². The standard InChI is InChI=1S/C19H15ClN2O3/c1-2-25-19(24)14(12-21)11-13-7-9-15(10-8-13)22-18(23)16-5-3-4-6-17(16)20/h3-11H,2H2,1H3,(H,22,23)/b14-11+. The number of nitrogens with zero attached hydrogens (tertiary/aromatic N) is 1. The number of ether oxygens (including phenoxy) is 1. The first-order chi connectivity index (χ1) is 12.0. The highest BCUT2D eigenvalue weighted by atomic mass is 35.5. The largest absolute Gasteiger partial charge is 0.462 e. The second-order valence-corrected chi connectivity index (χ2v) is 5.35. The van der Waals surface area contributed by atoms with E-state index in [0.717, 1.165) is 0 Å². The van der Waals surface area contributed by atoms with Gasteiger partial charge in [0, 0.05) is 5.69 Å². The molecule has 0 aliphatic heterocycles. The fraction of sp³-hybridized carbons (Fsp3) is 0.105. The Morgan fingerprint density at radius 3 is 2.48 bits per heavy atom. The monoisotopic (exact) mass is 354 g/mol. The summed E-state index contributed by atoms with van der Waals surface area (Å²) in [6.07, 6.45) is 1.43. The molecule has 0 aliphatic rings. The molecule has 2 rings (SSSR count). The van der Waals surface area contributed by atoms with Gasteiger partial charge in [0.1, 0.15) is 11.6 Å². The number of hydrogen-bond donors (Lipinski definition) is 1. The van der Waals surface area contributed by atoms with Crippen molar-refractivity contribution >= 4 is 35.2 Å². The summed E-state index contributed by atoms with van der Waals surface area (Å²) in [6.45, 7) is 1.87. The maximum atomic E-state index is 12.2. The molecule has 0 atom stereocenters.